The van der Waals surface area contributed by atoms with Crippen molar-refractivity contribution in [1.29, 1.82) is 0 Å². The summed E-state index contributed by atoms with van der Waals surface area (Å²) in [5, 5.41) is 2.69. The van der Waals surface area contributed by atoms with Crippen LogP contribution in [0.15, 0.2) is 60.7 Å². The van der Waals surface area contributed by atoms with E-state index in [1.807, 2.05) is 0 Å². The lowest BCUT2D eigenvalue weighted by atomic mass is 10.1. The van der Waals surface area contributed by atoms with Gasteiger partial charge in [-0.2, -0.15) is 0 Å². The van der Waals surface area contributed by atoms with E-state index in [1.165, 1.54) is 31.3 Å². The van der Waals surface area contributed by atoms with Crippen molar-refractivity contribution in [3.05, 3.63) is 71.8 Å². The van der Waals surface area contributed by atoms with Crippen LogP contribution < -0.4 is 29.2 Å². The molecule has 0 unspecified atom stereocenters. The third kappa shape index (κ3) is 6.40. The Morgan fingerprint density at radius 3 is 2.38 bits per heavy atom. The number of rotatable bonds is 8. The van der Waals surface area contributed by atoms with Gasteiger partial charge in [-0.25, -0.2) is 4.79 Å². The minimum Gasteiger partial charge on any atom is -0.497 e. The summed E-state index contributed by atoms with van der Waals surface area (Å²) in [5.41, 5.74) is 0.581. The van der Waals surface area contributed by atoms with Gasteiger partial charge < -0.3 is 23.7 Å². The molecule has 0 atom stereocenters. The Labute approximate surface area is 226 Å². The molecule has 4 rings (SSSR count). The Morgan fingerprint density at radius 1 is 0.923 bits per heavy atom. The second-order valence-electron chi connectivity index (χ2n) is 9.61. The lowest BCUT2D eigenvalue weighted by Crippen LogP contribution is -2.37. The van der Waals surface area contributed by atoms with Gasteiger partial charge in [-0.05, 0) is 63.2 Å². The molecular formula is C29H30N2O8. The van der Waals surface area contributed by atoms with Gasteiger partial charge in [0.1, 0.15) is 17.1 Å². The summed E-state index contributed by atoms with van der Waals surface area (Å²) in [6.45, 7) is 5.22. The minimum absolute atomic E-state index is 0.0357. The van der Waals surface area contributed by atoms with Gasteiger partial charge in [0.25, 0.3) is 11.7 Å². The normalized spacial score (nSPS) is 11.9. The molecule has 39 heavy (non-hydrogen) atoms. The van der Waals surface area contributed by atoms with Crippen LogP contribution in [-0.2, 0) is 16.1 Å². The second kappa shape index (κ2) is 11.3. The number of hydrogen-bond donors (Lipinski definition) is 1. The molecule has 3 aromatic rings. The zero-order valence-electron chi connectivity index (χ0n) is 22.4. The first-order chi connectivity index (χ1) is 18.6. The average molecular weight is 535 g/mol. The highest BCUT2D eigenvalue weighted by Crippen LogP contribution is 2.35. The third-order valence-corrected chi connectivity index (χ3v) is 5.73. The maximum absolute atomic E-state index is 13.8. The van der Waals surface area contributed by atoms with Crippen LogP contribution in [0, 0.1) is 0 Å². The number of fused-ring (bicyclic) bond motifs is 1. The number of anilines is 2. The SMILES string of the molecule is COc1ccc(CN(C(=O)C(=O)c2ccc3c(c2)OCO3)c2ccccc2NC(=O)OC(C)(C)C)c(OC)c1. The van der Waals surface area contributed by atoms with E-state index in [9.17, 15) is 14.4 Å². The van der Waals surface area contributed by atoms with E-state index >= 15 is 0 Å². The van der Waals surface area contributed by atoms with Crippen molar-refractivity contribution in [3.8, 4) is 23.0 Å². The molecule has 0 bridgehead atoms. The molecule has 1 aliphatic heterocycles. The molecular weight excluding hydrogens is 504 g/mol. The monoisotopic (exact) mass is 534 g/mol. The van der Waals surface area contributed by atoms with E-state index in [-0.39, 0.29) is 24.6 Å². The zero-order valence-corrected chi connectivity index (χ0v) is 22.4. The van der Waals surface area contributed by atoms with Crippen molar-refractivity contribution in [3.63, 3.8) is 0 Å². The largest absolute Gasteiger partial charge is 0.497 e. The predicted molar refractivity (Wildman–Crippen MR) is 144 cm³/mol. The molecule has 204 valence electrons. The van der Waals surface area contributed by atoms with Gasteiger partial charge in [-0.1, -0.05) is 12.1 Å². The fraction of sp³-hybridized carbons (Fsp3) is 0.276. The summed E-state index contributed by atoms with van der Waals surface area (Å²) < 4.78 is 26.9. The second-order valence-corrected chi connectivity index (χ2v) is 9.61. The van der Waals surface area contributed by atoms with Gasteiger partial charge in [-0.15, -0.1) is 0 Å². The van der Waals surface area contributed by atoms with Gasteiger partial charge in [0, 0.05) is 17.2 Å². The first-order valence-electron chi connectivity index (χ1n) is 12.2. The number of methoxy groups -OCH3 is 2. The van der Waals surface area contributed by atoms with Crippen LogP contribution >= 0.6 is 0 Å². The first kappa shape index (κ1) is 27.3. The topological polar surface area (TPSA) is 113 Å². The van der Waals surface area contributed by atoms with Crippen LogP contribution in [0.2, 0.25) is 0 Å². The number of carbonyl (C=O) groups excluding carboxylic acids is 3. The number of benzene rings is 3. The molecule has 1 N–H and O–H groups in total. The highest BCUT2D eigenvalue weighted by Gasteiger charge is 2.29. The lowest BCUT2D eigenvalue weighted by Gasteiger charge is -2.26. The van der Waals surface area contributed by atoms with Crippen molar-refractivity contribution in [2.24, 2.45) is 0 Å². The lowest BCUT2D eigenvalue weighted by molar-refractivity contribution is -0.114. The van der Waals surface area contributed by atoms with Crippen molar-refractivity contribution in [2.45, 2.75) is 32.9 Å². The standard InChI is InChI=1S/C29H30N2O8/c1-29(2,3)39-28(34)30-21-8-6-7-9-22(21)31(16-19-10-12-20(35-4)15-24(19)36-5)27(33)26(32)18-11-13-23-25(14-18)38-17-37-23/h6-15H,16-17H2,1-5H3,(H,30,34). The van der Waals surface area contributed by atoms with Crippen LogP contribution in [0.25, 0.3) is 0 Å². The predicted octanol–water partition coefficient (Wildman–Crippen LogP) is 5.20. The van der Waals surface area contributed by atoms with Crippen LogP contribution in [0.1, 0.15) is 36.7 Å². The molecule has 2 amide bonds. The molecule has 0 spiro atoms. The number of carbonyl (C=O) groups is 3. The van der Waals surface area contributed by atoms with Gasteiger partial charge in [0.15, 0.2) is 11.5 Å². The summed E-state index contributed by atoms with van der Waals surface area (Å²) in [6, 6.07) is 16.4. The van der Waals surface area contributed by atoms with Crippen LogP contribution in [0.4, 0.5) is 16.2 Å². The van der Waals surface area contributed by atoms with Gasteiger partial charge in [0.2, 0.25) is 6.79 Å². The van der Waals surface area contributed by atoms with E-state index in [1.54, 1.807) is 69.3 Å². The Kier molecular flexibility index (Phi) is 7.94. The van der Waals surface area contributed by atoms with Crippen LogP contribution in [0.5, 0.6) is 23.0 Å². The molecule has 10 nitrogen and oxygen atoms in total. The average Bonchev–Trinajstić information content (AvgIpc) is 3.38. The number of Topliss-reactive ketones (excluding diaryl/α,β-unsaturated/α-hetero) is 1. The number of amides is 2. The molecule has 1 heterocycles. The fourth-order valence-electron chi connectivity index (χ4n) is 3.93. The number of para-hydroxylation sites is 2. The number of hydrogen-bond acceptors (Lipinski definition) is 8. The number of ketones is 1. The van der Waals surface area contributed by atoms with E-state index in [0.29, 0.717) is 34.2 Å². The van der Waals surface area contributed by atoms with Crippen LogP contribution in [0.3, 0.4) is 0 Å². The first-order valence-corrected chi connectivity index (χ1v) is 12.2. The third-order valence-electron chi connectivity index (χ3n) is 5.73. The molecule has 10 heteroatoms. The Bertz CT molecular complexity index is 1400. The highest BCUT2D eigenvalue weighted by molar-refractivity contribution is 6.47. The van der Waals surface area contributed by atoms with Crippen LogP contribution in [-0.4, -0.2) is 44.4 Å². The van der Waals surface area contributed by atoms with E-state index < -0.39 is 23.4 Å². The summed E-state index contributed by atoms with van der Waals surface area (Å²) >= 11 is 0. The maximum atomic E-state index is 13.8. The van der Waals surface area contributed by atoms with E-state index in [0.717, 1.165) is 0 Å². The van der Waals surface area contributed by atoms with Crippen molar-refractivity contribution in [1.82, 2.24) is 0 Å². The van der Waals surface area contributed by atoms with E-state index in [4.69, 9.17) is 23.7 Å². The Hall–Kier alpha value is -4.73. The van der Waals surface area contributed by atoms with Gasteiger partial charge >= 0.3 is 6.09 Å². The molecule has 1 aliphatic rings. The summed E-state index contributed by atoms with van der Waals surface area (Å²) in [4.78, 5) is 41.2. The molecule has 3 aromatic carbocycles. The van der Waals surface area contributed by atoms with Crippen molar-refractivity contribution in [2.75, 3.05) is 31.2 Å². The molecule has 0 fully saturated rings. The summed E-state index contributed by atoms with van der Waals surface area (Å²) in [5.74, 6) is 0.296. The molecule has 0 aliphatic carbocycles. The van der Waals surface area contributed by atoms with Crippen molar-refractivity contribution >= 4 is 29.2 Å². The number of nitrogens with zero attached hydrogens (tertiary/aromatic N) is 1. The fourth-order valence-corrected chi connectivity index (χ4v) is 3.93. The Balaban J connectivity index is 1.74. The Morgan fingerprint density at radius 2 is 1.67 bits per heavy atom. The molecule has 0 saturated carbocycles. The molecule has 0 saturated heterocycles. The summed E-state index contributed by atoms with van der Waals surface area (Å²) in [7, 11) is 3.03. The summed E-state index contributed by atoms with van der Waals surface area (Å²) in [6.07, 6.45) is -0.702. The molecule has 0 aromatic heterocycles. The zero-order chi connectivity index (χ0) is 28.2. The quantitative estimate of drug-likeness (QED) is 0.310. The van der Waals surface area contributed by atoms with Crippen molar-refractivity contribution < 1.29 is 38.1 Å². The van der Waals surface area contributed by atoms with E-state index in [2.05, 4.69) is 5.32 Å². The smallest absolute Gasteiger partial charge is 0.412 e. The van der Waals surface area contributed by atoms with Gasteiger partial charge in [0.05, 0.1) is 32.1 Å². The maximum Gasteiger partial charge on any atom is 0.412 e. The van der Waals surface area contributed by atoms with Gasteiger partial charge in [-0.3, -0.25) is 19.8 Å². The highest BCUT2D eigenvalue weighted by atomic mass is 16.7. The number of ether oxygens (including phenoxy) is 5. The number of nitrogens with one attached hydrogen (secondary N) is 1. The minimum atomic E-state index is -0.829. The molecule has 0 radical (unpaired) electrons.